The Morgan fingerprint density at radius 1 is 1.27 bits per heavy atom. The second-order valence-corrected chi connectivity index (χ2v) is 9.23. The van der Waals surface area contributed by atoms with Crippen molar-refractivity contribution in [3.63, 3.8) is 0 Å². The van der Waals surface area contributed by atoms with Gasteiger partial charge in [-0.3, -0.25) is 14.9 Å². The zero-order chi connectivity index (χ0) is 21.5. The van der Waals surface area contributed by atoms with Gasteiger partial charge in [0.15, 0.2) is 5.65 Å². The largest absolute Gasteiger partial charge is 0.373 e. The second-order valence-electron chi connectivity index (χ2n) is 7.42. The average molecular weight is 428 g/mol. The third-order valence-electron chi connectivity index (χ3n) is 5.64. The zero-order valence-corrected chi connectivity index (χ0v) is 17.1. The van der Waals surface area contributed by atoms with Gasteiger partial charge in [0.05, 0.1) is 15.2 Å². The van der Waals surface area contributed by atoms with E-state index in [4.69, 9.17) is 0 Å². The molecule has 2 heterocycles. The zero-order valence-electron chi connectivity index (χ0n) is 16.2. The SMILES string of the molecule is CCC1(Nc2c([N+](=O)[O-])cnc3c2ccn3S(=O)(=O)c2ccccc2)CCC(=O)C1. The lowest BCUT2D eigenvalue weighted by atomic mass is 9.93. The number of benzene rings is 1. The molecule has 0 spiro atoms. The minimum Gasteiger partial charge on any atom is -0.373 e. The summed E-state index contributed by atoms with van der Waals surface area (Å²) in [6.07, 6.45) is 4.24. The molecule has 1 unspecified atom stereocenters. The first-order valence-electron chi connectivity index (χ1n) is 9.52. The normalized spacial score (nSPS) is 19.3. The van der Waals surface area contributed by atoms with Crippen LogP contribution in [0.3, 0.4) is 0 Å². The Kier molecular flexibility index (Phi) is 4.81. The van der Waals surface area contributed by atoms with Crippen molar-refractivity contribution in [3.8, 4) is 0 Å². The number of carbonyl (C=O) groups excluding carboxylic acids is 1. The van der Waals surface area contributed by atoms with Crippen LogP contribution in [0.25, 0.3) is 11.0 Å². The summed E-state index contributed by atoms with van der Waals surface area (Å²) in [6, 6.07) is 9.39. The molecule has 1 N–H and O–H groups in total. The maximum absolute atomic E-state index is 13.1. The van der Waals surface area contributed by atoms with E-state index in [9.17, 15) is 23.3 Å². The van der Waals surface area contributed by atoms with E-state index < -0.39 is 20.5 Å². The minimum absolute atomic E-state index is 0.0857. The van der Waals surface area contributed by atoms with E-state index in [2.05, 4.69) is 10.3 Å². The molecule has 1 aliphatic carbocycles. The fraction of sp³-hybridized carbons (Fsp3) is 0.300. The molecule has 1 aliphatic rings. The number of rotatable bonds is 6. The summed E-state index contributed by atoms with van der Waals surface area (Å²) in [5.41, 5.74) is -0.591. The minimum atomic E-state index is -3.93. The first-order chi connectivity index (χ1) is 14.3. The van der Waals surface area contributed by atoms with Crippen molar-refractivity contribution in [1.82, 2.24) is 8.96 Å². The van der Waals surface area contributed by atoms with Crippen LogP contribution < -0.4 is 5.32 Å². The Morgan fingerprint density at radius 3 is 2.60 bits per heavy atom. The Hall–Kier alpha value is -3.27. The number of ketones is 1. The molecular weight excluding hydrogens is 408 g/mol. The van der Waals surface area contributed by atoms with Crippen LogP contribution in [-0.4, -0.2) is 33.6 Å². The predicted octanol–water partition coefficient (Wildman–Crippen LogP) is 3.50. The topological polar surface area (TPSA) is 124 Å². The Morgan fingerprint density at radius 2 is 2.00 bits per heavy atom. The number of fused-ring (bicyclic) bond motifs is 1. The van der Waals surface area contributed by atoms with Crippen LogP contribution in [0.2, 0.25) is 0 Å². The molecule has 4 rings (SSSR count). The van der Waals surface area contributed by atoms with Gasteiger partial charge in [-0.15, -0.1) is 0 Å². The quantitative estimate of drug-likeness (QED) is 0.471. The van der Waals surface area contributed by atoms with Gasteiger partial charge in [-0.25, -0.2) is 17.4 Å². The highest BCUT2D eigenvalue weighted by Gasteiger charge is 2.39. The van der Waals surface area contributed by atoms with E-state index >= 15 is 0 Å². The molecule has 0 bridgehead atoms. The fourth-order valence-corrected chi connectivity index (χ4v) is 5.24. The molecule has 1 saturated carbocycles. The molecule has 1 aromatic carbocycles. The first-order valence-corrected chi connectivity index (χ1v) is 11.0. The van der Waals surface area contributed by atoms with Crippen LogP contribution in [0.1, 0.15) is 32.6 Å². The number of hydrogen-bond donors (Lipinski definition) is 1. The highest BCUT2D eigenvalue weighted by molar-refractivity contribution is 7.90. The van der Waals surface area contributed by atoms with Crippen molar-refractivity contribution in [2.24, 2.45) is 0 Å². The summed E-state index contributed by atoms with van der Waals surface area (Å²) >= 11 is 0. The van der Waals surface area contributed by atoms with E-state index in [1.165, 1.54) is 24.4 Å². The maximum Gasteiger partial charge on any atom is 0.311 e. The fourth-order valence-electron chi connectivity index (χ4n) is 3.92. The number of pyridine rings is 1. The van der Waals surface area contributed by atoms with Gasteiger partial charge < -0.3 is 5.32 Å². The molecule has 156 valence electrons. The van der Waals surface area contributed by atoms with Gasteiger partial charge in [0, 0.05) is 24.6 Å². The number of carbonyl (C=O) groups is 1. The molecule has 3 aromatic rings. The summed E-state index contributed by atoms with van der Waals surface area (Å²) < 4.78 is 27.2. The van der Waals surface area contributed by atoms with Gasteiger partial charge in [0.25, 0.3) is 10.0 Å². The highest BCUT2D eigenvalue weighted by atomic mass is 32.2. The summed E-state index contributed by atoms with van der Waals surface area (Å²) in [4.78, 5) is 27.2. The lowest BCUT2D eigenvalue weighted by Crippen LogP contribution is -2.35. The van der Waals surface area contributed by atoms with E-state index in [-0.39, 0.29) is 34.1 Å². The molecule has 0 aliphatic heterocycles. The van der Waals surface area contributed by atoms with Crippen LogP contribution in [0, 0.1) is 10.1 Å². The highest BCUT2D eigenvalue weighted by Crippen LogP contribution is 2.40. The van der Waals surface area contributed by atoms with Gasteiger partial charge in [0.2, 0.25) is 0 Å². The lowest BCUT2D eigenvalue weighted by Gasteiger charge is -2.29. The molecule has 10 heteroatoms. The number of nitrogens with one attached hydrogen (secondary N) is 1. The third-order valence-corrected chi connectivity index (χ3v) is 7.32. The Bertz CT molecular complexity index is 1250. The molecular formula is C20H20N4O5S. The molecule has 30 heavy (non-hydrogen) atoms. The van der Waals surface area contributed by atoms with E-state index in [0.717, 1.165) is 10.2 Å². The first kappa shape index (κ1) is 20.0. The van der Waals surface area contributed by atoms with Gasteiger partial charge in [-0.2, -0.15) is 0 Å². The molecule has 0 saturated heterocycles. The van der Waals surface area contributed by atoms with Gasteiger partial charge in [-0.1, -0.05) is 25.1 Å². The van der Waals surface area contributed by atoms with Crippen molar-refractivity contribution in [1.29, 1.82) is 0 Å². The van der Waals surface area contributed by atoms with Crippen LogP contribution >= 0.6 is 0 Å². The molecule has 0 radical (unpaired) electrons. The van der Waals surface area contributed by atoms with Crippen LogP contribution in [0.15, 0.2) is 53.7 Å². The average Bonchev–Trinajstić information content (AvgIpc) is 3.33. The van der Waals surface area contributed by atoms with Gasteiger partial charge in [-0.05, 0) is 31.0 Å². The Labute approximate surface area is 172 Å². The number of hydrogen-bond acceptors (Lipinski definition) is 7. The van der Waals surface area contributed by atoms with Crippen molar-refractivity contribution in [2.75, 3.05) is 5.32 Å². The van der Waals surface area contributed by atoms with E-state index in [0.29, 0.717) is 24.6 Å². The van der Waals surface area contributed by atoms with Crippen molar-refractivity contribution in [3.05, 3.63) is 58.9 Å². The molecule has 0 amide bonds. The smallest absolute Gasteiger partial charge is 0.311 e. The van der Waals surface area contributed by atoms with Crippen LogP contribution in [0.4, 0.5) is 11.4 Å². The monoisotopic (exact) mass is 428 g/mol. The van der Waals surface area contributed by atoms with Crippen molar-refractivity contribution >= 4 is 38.2 Å². The number of nitro groups is 1. The lowest BCUT2D eigenvalue weighted by molar-refractivity contribution is -0.384. The van der Waals surface area contributed by atoms with Gasteiger partial charge >= 0.3 is 5.69 Å². The standard InChI is InChI=1S/C20H20N4O5S/c1-2-20(10-8-14(25)12-20)22-18-16-9-11-23(19(16)21-13-17(18)24(26)27)30(28,29)15-6-4-3-5-7-15/h3-7,9,11,13H,2,8,10,12H2,1H3,(H,21,22). The molecule has 1 atom stereocenters. The summed E-state index contributed by atoms with van der Waals surface area (Å²) in [7, 11) is -3.93. The predicted molar refractivity (Wildman–Crippen MR) is 111 cm³/mol. The van der Waals surface area contributed by atoms with E-state index in [1.807, 2.05) is 6.92 Å². The summed E-state index contributed by atoms with van der Waals surface area (Å²) in [5, 5.41) is 15.2. The number of anilines is 1. The second kappa shape index (κ2) is 7.21. The third kappa shape index (κ3) is 3.22. The molecule has 9 nitrogen and oxygen atoms in total. The number of aromatic nitrogens is 2. The maximum atomic E-state index is 13.1. The Balaban J connectivity index is 1.89. The molecule has 2 aromatic heterocycles. The summed E-state index contributed by atoms with van der Waals surface area (Å²) in [5.74, 6) is 0.0986. The number of nitrogens with zero attached hydrogens (tertiary/aromatic N) is 3. The number of Topliss-reactive ketones (excluding diaryl/α,β-unsaturated/α-hetero) is 1. The van der Waals surface area contributed by atoms with Crippen LogP contribution in [0.5, 0.6) is 0 Å². The van der Waals surface area contributed by atoms with Crippen molar-refractivity contribution < 1.29 is 18.1 Å². The van der Waals surface area contributed by atoms with Crippen molar-refractivity contribution in [2.45, 2.75) is 43.0 Å². The summed E-state index contributed by atoms with van der Waals surface area (Å²) in [6.45, 7) is 1.92. The molecule has 1 fully saturated rings. The van der Waals surface area contributed by atoms with E-state index in [1.54, 1.807) is 18.2 Å². The van der Waals surface area contributed by atoms with Crippen LogP contribution in [-0.2, 0) is 14.8 Å². The van der Waals surface area contributed by atoms with Gasteiger partial charge in [0.1, 0.15) is 17.7 Å².